The van der Waals surface area contributed by atoms with Gasteiger partial charge >= 0.3 is 0 Å². The predicted octanol–water partition coefficient (Wildman–Crippen LogP) is 8.06. The van der Waals surface area contributed by atoms with Crippen molar-refractivity contribution in [3.05, 3.63) is 64.8 Å². The summed E-state index contributed by atoms with van der Waals surface area (Å²) in [5.74, 6) is 3.29. The second kappa shape index (κ2) is 7.58. The minimum atomic E-state index is 0.372. The quantitative estimate of drug-likeness (QED) is 0.261. The van der Waals surface area contributed by atoms with E-state index in [1.165, 1.54) is 87.2 Å². The fourth-order valence-corrected chi connectivity index (χ4v) is 6.59. The number of hydrogen-bond donors (Lipinski definition) is 0. The van der Waals surface area contributed by atoms with Gasteiger partial charge < -0.3 is 4.74 Å². The summed E-state index contributed by atoms with van der Waals surface area (Å²) in [6.45, 7) is 9.10. The summed E-state index contributed by atoms with van der Waals surface area (Å²) in [5, 5.41) is 5.27. The highest BCUT2D eigenvalue weighted by Crippen LogP contribution is 2.52. The summed E-state index contributed by atoms with van der Waals surface area (Å²) in [4.78, 5) is 0. The Morgan fingerprint density at radius 2 is 1.82 bits per heavy atom. The van der Waals surface area contributed by atoms with Crippen molar-refractivity contribution in [2.24, 2.45) is 13.0 Å². The lowest BCUT2D eigenvalue weighted by atomic mass is 9.84. The highest BCUT2D eigenvalue weighted by Gasteiger charge is 2.34. The summed E-state index contributed by atoms with van der Waals surface area (Å²) < 4.78 is 9.21. The number of aromatic nitrogens is 1. The summed E-state index contributed by atoms with van der Waals surface area (Å²) in [6, 6.07) is 13.7. The standard InChI is InChI=1S/C31H34NO/c1-18(2)26-24-12-8-9-19(3)27(24)20(4)28-30-29-23(13-14-32(30)5)16-22(15-21-10-6-7-11-21)17-25(29)33-31(26)28/h8-9,12-14,16-18,21H,6-7,10-11,15H2,1-5H3/q+1. The highest BCUT2D eigenvalue weighted by molar-refractivity contribution is 6.07. The molecule has 0 saturated heterocycles. The minimum absolute atomic E-state index is 0.372. The number of aryl methyl sites for hydroxylation is 3. The van der Waals surface area contributed by atoms with Crippen LogP contribution in [0.5, 0.6) is 11.5 Å². The Morgan fingerprint density at radius 3 is 2.58 bits per heavy atom. The molecule has 0 radical (unpaired) electrons. The van der Waals surface area contributed by atoms with Crippen molar-refractivity contribution in [2.75, 3.05) is 0 Å². The summed E-state index contributed by atoms with van der Waals surface area (Å²) in [6.07, 6.45) is 8.91. The van der Waals surface area contributed by atoms with Gasteiger partial charge in [-0.2, -0.15) is 0 Å². The maximum Gasteiger partial charge on any atom is 0.228 e. The maximum absolute atomic E-state index is 6.92. The van der Waals surface area contributed by atoms with Crippen LogP contribution in [0.1, 0.15) is 67.7 Å². The molecule has 1 aromatic heterocycles. The van der Waals surface area contributed by atoms with Gasteiger partial charge in [-0.3, -0.25) is 0 Å². The Labute approximate surface area is 197 Å². The molecule has 0 atom stereocenters. The van der Waals surface area contributed by atoms with E-state index in [4.69, 9.17) is 4.74 Å². The molecule has 2 nitrogen and oxygen atoms in total. The van der Waals surface area contributed by atoms with Crippen LogP contribution in [0.3, 0.4) is 0 Å². The van der Waals surface area contributed by atoms with Crippen molar-refractivity contribution in [3.63, 3.8) is 0 Å². The zero-order valence-electron chi connectivity index (χ0n) is 20.6. The number of pyridine rings is 1. The minimum Gasteiger partial charge on any atom is -0.455 e. The third-order valence-electron chi connectivity index (χ3n) is 8.07. The Balaban J connectivity index is 1.68. The molecule has 0 amide bonds. The zero-order valence-corrected chi connectivity index (χ0v) is 20.6. The van der Waals surface area contributed by atoms with Gasteiger partial charge in [0, 0.05) is 11.6 Å². The average Bonchev–Trinajstić information content (AvgIpc) is 3.28. The van der Waals surface area contributed by atoms with Crippen molar-refractivity contribution in [3.8, 4) is 22.8 Å². The monoisotopic (exact) mass is 436 g/mol. The van der Waals surface area contributed by atoms with E-state index in [0.29, 0.717) is 5.92 Å². The molecule has 2 aliphatic rings. The summed E-state index contributed by atoms with van der Waals surface area (Å²) in [7, 11) is 2.18. The van der Waals surface area contributed by atoms with Gasteiger partial charge in [-0.25, -0.2) is 4.57 Å². The second-order valence-corrected chi connectivity index (χ2v) is 10.7. The van der Waals surface area contributed by atoms with E-state index < -0.39 is 0 Å². The van der Waals surface area contributed by atoms with Crippen molar-refractivity contribution >= 4 is 21.5 Å². The first-order valence-corrected chi connectivity index (χ1v) is 12.6. The van der Waals surface area contributed by atoms with Crippen LogP contribution in [0.25, 0.3) is 32.8 Å². The Morgan fingerprint density at radius 1 is 1.03 bits per heavy atom. The second-order valence-electron chi connectivity index (χ2n) is 10.7. The Hall–Kier alpha value is -2.87. The molecule has 1 fully saturated rings. The van der Waals surface area contributed by atoms with Crippen LogP contribution in [0.15, 0.2) is 42.6 Å². The van der Waals surface area contributed by atoms with Gasteiger partial charge in [0.05, 0.1) is 10.9 Å². The highest BCUT2D eigenvalue weighted by atomic mass is 16.5. The lowest BCUT2D eigenvalue weighted by molar-refractivity contribution is -0.659. The smallest absolute Gasteiger partial charge is 0.228 e. The van der Waals surface area contributed by atoms with E-state index in [0.717, 1.165) is 17.4 Å². The molecule has 1 saturated carbocycles. The SMILES string of the molecule is Cc1cccc2c(C(C)C)c3c(c(C)c12)-c1c2c(cc(CC4CCCC4)cc2cc[n+]1C)O3. The predicted molar refractivity (Wildman–Crippen MR) is 137 cm³/mol. The molecule has 1 aliphatic carbocycles. The number of fused-ring (bicyclic) bond motifs is 3. The molecule has 4 aromatic rings. The molecule has 33 heavy (non-hydrogen) atoms. The van der Waals surface area contributed by atoms with Crippen molar-refractivity contribution in [1.29, 1.82) is 0 Å². The van der Waals surface area contributed by atoms with Crippen molar-refractivity contribution < 1.29 is 9.30 Å². The van der Waals surface area contributed by atoms with Gasteiger partial charge in [-0.15, -0.1) is 0 Å². The Kier molecular flexibility index (Phi) is 4.76. The molecule has 1 aliphatic heterocycles. The topological polar surface area (TPSA) is 13.1 Å². The van der Waals surface area contributed by atoms with Gasteiger partial charge in [-0.1, -0.05) is 63.8 Å². The van der Waals surface area contributed by atoms with Gasteiger partial charge in [-0.05, 0) is 71.0 Å². The van der Waals surface area contributed by atoms with E-state index in [1.54, 1.807) is 0 Å². The normalized spacial score (nSPS) is 15.5. The van der Waals surface area contributed by atoms with Crippen molar-refractivity contribution in [1.82, 2.24) is 0 Å². The molecule has 0 N–H and O–H groups in total. The molecule has 0 bridgehead atoms. The fourth-order valence-electron chi connectivity index (χ4n) is 6.59. The first kappa shape index (κ1) is 20.7. The number of rotatable bonds is 3. The molecule has 6 rings (SSSR count). The Bertz CT molecular complexity index is 1420. The molecule has 2 heterocycles. The van der Waals surface area contributed by atoms with Crippen LogP contribution in [0, 0.1) is 19.8 Å². The van der Waals surface area contributed by atoms with Gasteiger partial charge in [0.1, 0.15) is 18.5 Å². The van der Waals surface area contributed by atoms with E-state index in [2.05, 4.69) is 81.9 Å². The molecule has 168 valence electrons. The fraction of sp³-hybridized carbons (Fsp3) is 0.387. The average molecular weight is 437 g/mol. The maximum atomic E-state index is 6.92. The van der Waals surface area contributed by atoms with Gasteiger partial charge in [0.2, 0.25) is 5.69 Å². The number of ether oxygens (including phenoxy) is 1. The van der Waals surface area contributed by atoms with E-state index in [-0.39, 0.29) is 0 Å². The largest absolute Gasteiger partial charge is 0.455 e. The van der Waals surface area contributed by atoms with Crippen LogP contribution < -0.4 is 9.30 Å². The van der Waals surface area contributed by atoms with Gasteiger partial charge in [0.25, 0.3) is 0 Å². The molecular weight excluding hydrogens is 402 g/mol. The number of nitrogens with zero attached hydrogens (tertiary/aromatic N) is 1. The summed E-state index contributed by atoms with van der Waals surface area (Å²) >= 11 is 0. The molecule has 0 spiro atoms. The van der Waals surface area contributed by atoms with Crippen molar-refractivity contribution in [2.45, 2.75) is 65.7 Å². The third-order valence-corrected chi connectivity index (χ3v) is 8.07. The molecular formula is C31H34NO+. The molecule has 0 unspecified atom stereocenters. The summed E-state index contributed by atoms with van der Waals surface area (Å²) in [5.41, 5.74) is 7.98. The molecule has 3 aromatic carbocycles. The number of hydrogen-bond acceptors (Lipinski definition) is 1. The van der Waals surface area contributed by atoms with Crippen LogP contribution >= 0.6 is 0 Å². The van der Waals surface area contributed by atoms with E-state index >= 15 is 0 Å². The lowest BCUT2D eigenvalue weighted by Gasteiger charge is -2.27. The van der Waals surface area contributed by atoms with Gasteiger partial charge in [0.15, 0.2) is 6.20 Å². The van der Waals surface area contributed by atoms with Crippen LogP contribution in [0.2, 0.25) is 0 Å². The molecule has 2 heteroatoms. The third kappa shape index (κ3) is 3.10. The zero-order chi connectivity index (χ0) is 22.9. The lowest BCUT2D eigenvalue weighted by Crippen LogP contribution is -2.32. The van der Waals surface area contributed by atoms with Crippen LogP contribution in [-0.2, 0) is 13.5 Å². The first-order chi connectivity index (χ1) is 15.9. The van der Waals surface area contributed by atoms with E-state index in [9.17, 15) is 0 Å². The van der Waals surface area contributed by atoms with Crippen LogP contribution in [-0.4, -0.2) is 0 Å². The van der Waals surface area contributed by atoms with Crippen LogP contribution in [0.4, 0.5) is 0 Å². The number of benzene rings is 3. The first-order valence-electron chi connectivity index (χ1n) is 12.6. The van der Waals surface area contributed by atoms with E-state index in [1.807, 2.05) is 0 Å².